The van der Waals surface area contributed by atoms with E-state index < -0.39 is 11.2 Å². The molecule has 0 amide bonds. The van der Waals surface area contributed by atoms with Crippen LogP contribution >= 0.6 is 23.4 Å². The molecule has 0 fully saturated rings. The fourth-order valence-corrected chi connectivity index (χ4v) is 4.66. The van der Waals surface area contributed by atoms with Gasteiger partial charge < -0.3 is 9.13 Å². The Morgan fingerprint density at radius 2 is 1.84 bits per heavy atom. The van der Waals surface area contributed by atoms with E-state index in [9.17, 15) is 14.4 Å². The van der Waals surface area contributed by atoms with Gasteiger partial charge in [-0.2, -0.15) is 4.98 Å². The van der Waals surface area contributed by atoms with E-state index in [1.165, 1.54) is 23.2 Å². The van der Waals surface area contributed by atoms with Gasteiger partial charge in [-0.05, 0) is 56.0 Å². The fourth-order valence-electron chi connectivity index (χ4n) is 3.98. The van der Waals surface area contributed by atoms with Crippen LogP contribution in [0.4, 0.5) is 0 Å². The van der Waals surface area contributed by atoms with Crippen molar-refractivity contribution in [3.63, 3.8) is 0 Å². The second-order valence-electron chi connectivity index (χ2n) is 7.59. The molecular weight excluding hydrogens is 450 g/mol. The van der Waals surface area contributed by atoms with Crippen LogP contribution in [-0.4, -0.2) is 35.3 Å². The molecule has 0 spiro atoms. The van der Waals surface area contributed by atoms with E-state index >= 15 is 0 Å². The van der Waals surface area contributed by atoms with Crippen LogP contribution in [0.1, 0.15) is 21.7 Å². The number of imidazole rings is 1. The largest absolute Gasteiger partial charge is 0.332 e. The number of halogens is 1. The Labute approximate surface area is 193 Å². The number of benzene rings is 1. The summed E-state index contributed by atoms with van der Waals surface area (Å²) in [6.45, 7) is 3.67. The van der Waals surface area contributed by atoms with Crippen LogP contribution in [0.15, 0.2) is 44.8 Å². The van der Waals surface area contributed by atoms with E-state index in [0.29, 0.717) is 5.56 Å². The number of aryl methyl sites for hydroxylation is 2. The van der Waals surface area contributed by atoms with Crippen molar-refractivity contribution >= 4 is 40.3 Å². The van der Waals surface area contributed by atoms with Crippen molar-refractivity contribution in [2.24, 2.45) is 14.1 Å². The highest BCUT2D eigenvalue weighted by Gasteiger charge is 2.23. The Bertz CT molecular complexity index is 1510. The summed E-state index contributed by atoms with van der Waals surface area (Å²) in [6.07, 6.45) is 2.02. The van der Waals surface area contributed by atoms with E-state index in [1.807, 2.05) is 48.9 Å². The molecule has 3 heterocycles. The van der Waals surface area contributed by atoms with Crippen LogP contribution in [0.2, 0.25) is 5.28 Å². The lowest BCUT2D eigenvalue weighted by Crippen LogP contribution is -2.37. The molecule has 4 rings (SSSR count). The number of hydrogen-bond donors (Lipinski definition) is 0. The number of thioether (sulfide) groups is 1. The zero-order chi connectivity index (χ0) is 23.3. The van der Waals surface area contributed by atoms with Gasteiger partial charge in [-0.3, -0.25) is 18.7 Å². The molecule has 0 aliphatic heterocycles. The van der Waals surface area contributed by atoms with Crippen LogP contribution in [0.25, 0.3) is 16.9 Å². The number of carbonyl (C=O) groups is 1. The van der Waals surface area contributed by atoms with E-state index in [0.717, 1.165) is 26.5 Å². The van der Waals surface area contributed by atoms with Gasteiger partial charge >= 0.3 is 5.69 Å². The summed E-state index contributed by atoms with van der Waals surface area (Å²) in [7, 11) is 2.89. The third-order valence-electron chi connectivity index (χ3n) is 5.65. The Morgan fingerprint density at radius 1 is 1.12 bits per heavy atom. The molecule has 32 heavy (non-hydrogen) atoms. The lowest BCUT2D eigenvalue weighted by Gasteiger charge is -2.11. The Morgan fingerprint density at radius 3 is 2.53 bits per heavy atom. The van der Waals surface area contributed by atoms with E-state index in [1.54, 1.807) is 11.8 Å². The maximum absolute atomic E-state index is 13.3. The minimum Gasteiger partial charge on any atom is -0.318 e. The molecule has 4 aromatic rings. The van der Waals surface area contributed by atoms with Gasteiger partial charge in [0.25, 0.3) is 5.56 Å². The van der Waals surface area contributed by atoms with Gasteiger partial charge in [-0.15, -0.1) is 11.8 Å². The van der Waals surface area contributed by atoms with Crippen LogP contribution in [-0.2, 0) is 20.6 Å². The lowest BCUT2D eigenvalue weighted by atomic mass is 10.1. The molecule has 3 aromatic heterocycles. The van der Waals surface area contributed by atoms with Crippen molar-refractivity contribution < 1.29 is 4.79 Å². The van der Waals surface area contributed by atoms with Gasteiger partial charge in [-0.1, -0.05) is 6.07 Å². The number of nitrogens with zero attached hydrogens (tertiary/aromatic N) is 5. The molecule has 166 valence electrons. The first-order valence-corrected chi connectivity index (χ1v) is 11.4. The Hall–Kier alpha value is -3.04. The zero-order valence-electron chi connectivity index (χ0n) is 18.3. The van der Waals surface area contributed by atoms with E-state index in [-0.39, 0.29) is 28.8 Å². The summed E-state index contributed by atoms with van der Waals surface area (Å²) in [6, 6.07) is 9.93. The number of rotatable bonds is 5. The zero-order valence-corrected chi connectivity index (χ0v) is 19.9. The quantitative estimate of drug-likeness (QED) is 0.254. The summed E-state index contributed by atoms with van der Waals surface area (Å²) in [5, 5.41) is -0.0203. The molecule has 0 unspecified atom stereocenters. The van der Waals surface area contributed by atoms with Crippen molar-refractivity contribution in [2.45, 2.75) is 25.3 Å². The molecule has 0 radical (unpaired) electrons. The lowest BCUT2D eigenvalue weighted by molar-refractivity contribution is 0.0972. The number of hydrogen-bond acceptors (Lipinski definition) is 5. The molecule has 0 bridgehead atoms. The Kier molecular flexibility index (Phi) is 5.64. The number of carbonyl (C=O) groups excluding carboxylic acids is 1. The number of fused-ring (bicyclic) bond motifs is 1. The maximum atomic E-state index is 13.3. The SMILES string of the molecule is CSc1cccc(-n2c(C)cc(C(=O)Cn3c(Cl)nc4c3c(=O)n(C)c(=O)n4C)c2C)c1. The number of ketones is 1. The highest BCUT2D eigenvalue weighted by Crippen LogP contribution is 2.25. The maximum Gasteiger partial charge on any atom is 0.332 e. The monoisotopic (exact) mass is 471 g/mol. The van der Waals surface area contributed by atoms with Crippen LogP contribution in [0.5, 0.6) is 0 Å². The predicted molar refractivity (Wildman–Crippen MR) is 127 cm³/mol. The molecule has 8 nitrogen and oxygen atoms in total. The van der Waals surface area contributed by atoms with Crippen molar-refractivity contribution in [2.75, 3.05) is 6.26 Å². The first-order valence-electron chi connectivity index (χ1n) is 9.84. The highest BCUT2D eigenvalue weighted by atomic mass is 35.5. The molecular formula is C22H22ClN5O3S. The third-order valence-corrected chi connectivity index (χ3v) is 6.66. The second kappa shape index (κ2) is 8.14. The van der Waals surface area contributed by atoms with Gasteiger partial charge in [-0.25, -0.2) is 4.79 Å². The summed E-state index contributed by atoms with van der Waals surface area (Å²) >= 11 is 7.93. The predicted octanol–water partition coefficient (Wildman–Crippen LogP) is 3.10. The molecule has 1 aromatic carbocycles. The number of aromatic nitrogens is 5. The van der Waals surface area contributed by atoms with Crippen molar-refractivity contribution in [1.82, 2.24) is 23.3 Å². The minimum atomic E-state index is -0.547. The van der Waals surface area contributed by atoms with Crippen molar-refractivity contribution in [3.05, 3.63) is 73.4 Å². The highest BCUT2D eigenvalue weighted by molar-refractivity contribution is 7.98. The summed E-state index contributed by atoms with van der Waals surface area (Å²) in [5.41, 5.74) is 2.44. The van der Waals surface area contributed by atoms with Gasteiger partial charge in [0, 0.05) is 41.6 Å². The normalized spacial score (nSPS) is 11.4. The smallest absolute Gasteiger partial charge is 0.318 e. The molecule has 0 saturated heterocycles. The molecule has 0 N–H and O–H groups in total. The van der Waals surface area contributed by atoms with E-state index in [4.69, 9.17) is 11.6 Å². The molecule has 0 saturated carbocycles. The van der Waals surface area contributed by atoms with Crippen LogP contribution < -0.4 is 11.2 Å². The molecule has 0 aliphatic carbocycles. The van der Waals surface area contributed by atoms with Gasteiger partial charge in [0.1, 0.15) is 0 Å². The molecule has 0 aliphatic rings. The topological polar surface area (TPSA) is 83.8 Å². The summed E-state index contributed by atoms with van der Waals surface area (Å²) < 4.78 is 5.62. The standard InChI is InChI=1S/C22H22ClN5O3S/c1-12-9-16(13(2)28(12)14-7-6-8-15(10-14)32-5)17(29)11-27-18-19(24-21(27)23)25(3)22(31)26(4)20(18)30/h6-10H,11H2,1-5H3. The van der Waals surface area contributed by atoms with Crippen molar-refractivity contribution in [3.8, 4) is 5.69 Å². The van der Waals surface area contributed by atoms with Crippen LogP contribution in [0.3, 0.4) is 0 Å². The minimum absolute atomic E-state index is 0.0203. The second-order valence-corrected chi connectivity index (χ2v) is 8.81. The van der Waals surface area contributed by atoms with Gasteiger partial charge in [0.05, 0.1) is 6.54 Å². The van der Waals surface area contributed by atoms with E-state index in [2.05, 4.69) is 11.1 Å². The number of Topliss-reactive ketones (excluding diaryl/α,β-unsaturated/α-hetero) is 1. The first kappa shape index (κ1) is 22.2. The van der Waals surface area contributed by atoms with Gasteiger partial charge in [0.2, 0.25) is 5.28 Å². The van der Waals surface area contributed by atoms with Crippen molar-refractivity contribution in [1.29, 1.82) is 0 Å². The summed E-state index contributed by atoms with van der Waals surface area (Å²) in [4.78, 5) is 43.5. The average Bonchev–Trinajstić information content (AvgIpc) is 3.26. The third kappa shape index (κ3) is 3.41. The average molecular weight is 472 g/mol. The Balaban J connectivity index is 1.80. The molecule has 0 atom stereocenters. The van der Waals surface area contributed by atoms with Crippen LogP contribution in [0, 0.1) is 13.8 Å². The summed E-state index contributed by atoms with van der Waals surface area (Å²) in [5.74, 6) is -0.206. The van der Waals surface area contributed by atoms with Gasteiger partial charge in [0.15, 0.2) is 16.9 Å². The molecule has 10 heteroatoms. The first-order chi connectivity index (χ1) is 15.1. The fraction of sp³-hybridized carbons (Fsp3) is 0.273.